The van der Waals surface area contributed by atoms with Crippen LogP contribution < -0.4 is 5.32 Å². The highest BCUT2D eigenvalue weighted by Gasteiger charge is 2.15. The van der Waals surface area contributed by atoms with Gasteiger partial charge in [0.2, 0.25) is 0 Å². The first-order chi connectivity index (χ1) is 8.63. The standard InChI is InChI=1S/C15H21N3/c1-11-6-5-7-13(12(11)2)14(16-3)10-15-17-8-9-18(15)4/h5-9,14,16H,10H2,1-4H3. The maximum atomic E-state index is 4.40. The maximum Gasteiger partial charge on any atom is 0.110 e. The third-order valence-corrected chi connectivity index (χ3v) is 3.68. The van der Waals surface area contributed by atoms with Gasteiger partial charge in [-0.2, -0.15) is 0 Å². The molecule has 0 radical (unpaired) electrons. The summed E-state index contributed by atoms with van der Waals surface area (Å²) in [5.41, 5.74) is 4.07. The Morgan fingerprint density at radius 3 is 2.72 bits per heavy atom. The summed E-state index contributed by atoms with van der Waals surface area (Å²) in [5.74, 6) is 1.11. The van der Waals surface area contributed by atoms with Crippen LogP contribution in [-0.4, -0.2) is 16.6 Å². The van der Waals surface area contributed by atoms with Crippen molar-refractivity contribution >= 4 is 0 Å². The average Bonchev–Trinajstić information content (AvgIpc) is 2.76. The summed E-state index contributed by atoms with van der Waals surface area (Å²) in [6, 6.07) is 6.80. The van der Waals surface area contributed by atoms with E-state index in [0.717, 1.165) is 12.2 Å². The van der Waals surface area contributed by atoms with Crippen molar-refractivity contribution in [3.63, 3.8) is 0 Å². The van der Waals surface area contributed by atoms with Crippen molar-refractivity contribution in [1.29, 1.82) is 0 Å². The highest BCUT2D eigenvalue weighted by atomic mass is 15.0. The van der Waals surface area contributed by atoms with Gasteiger partial charge in [-0.3, -0.25) is 0 Å². The summed E-state index contributed by atoms with van der Waals surface area (Å²) < 4.78 is 2.08. The Hall–Kier alpha value is -1.61. The van der Waals surface area contributed by atoms with Crippen molar-refractivity contribution in [3.05, 3.63) is 53.1 Å². The normalized spacial score (nSPS) is 12.7. The van der Waals surface area contributed by atoms with Gasteiger partial charge in [-0.15, -0.1) is 0 Å². The van der Waals surface area contributed by atoms with Gasteiger partial charge in [-0.25, -0.2) is 4.98 Å². The van der Waals surface area contributed by atoms with Crippen molar-refractivity contribution in [1.82, 2.24) is 14.9 Å². The summed E-state index contributed by atoms with van der Waals surface area (Å²) in [6.45, 7) is 4.35. The molecule has 0 aliphatic rings. The van der Waals surface area contributed by atoms with E-state index in [0.29, 0.717) is 6.04 Å². The Morgan fingerprint density at radius 1 is 1.33 bits per heavy atom. The van der Waals surface area contributed by atoms with Gasteiger partial charge in [0.15, 0.2) is 0 Å². The first kappa shape index (κ1) is 12.8. The molecule has 3 heteroatoms. The van der Waals surface area contributed by atoms with Crippen LogP contribution in [0.4, 0.5) is 0 Å². The summed E-state index contributed by atoms with van der Waals surface area (Å²) in [6.07, 6.45) is 4.75. The molecular weight excluding hydrogens is 222 g/mol. The summed E-state index contributed by atoms with van der Waals surface area (Å²) in [5, 5.41) is 3.40. The van der Waals surface area contributed by atoms with Crippen LogP contribution >= 0.6 is 0 Å². The number of aryl methyl sites for hydroxylation is 2. The SMILES string of the molecule is CNC(Cc1nccn1C)c1cccc(C)c1C. The minimum atomic E-state index is 0.311. The molecule has 0 bridgehead atoms. The van der Waals surface area contributed by atoms with Crippen molar-refractivity contribution in [2.75, 3.05) is 7.05 Å². The van der Waals surface area contributed by atoms with Crippen molar-refractivity contribution in [2.24, 2.45) is 7.05 Å². The molecule has 0 aliphatic heterocycles. The molecule has 2 rings (SSSR count). The van der Waals surface area contributed by atoms with Crippen molar-refractivity contribution in [2.45, 2.75) is 26.3 Å². The lowest BCUT2D eigenvalue weighted by molar-refractivity contribution is 0.561. The number of likely N-dealkylation sites (N-methyl/N-ethyl adjacent to an activating group) is 1. The molecule has 3 nitrogen and oxygen atoms in total. The number of benzene rings is 1. The third kappa shape index (κ3) is 2.46. The van der Waals surface area contributed by atoms with Gasteiger partial charge < -0.3 is 9.88 Å². The van der Waals surface area contributed by atoms with Crippen molar-refractivity contribution < 1.29 is 0 Å². The zero-order valence-electron chi connectivity index (χ0n) is 11.6. The molecule has 0 saturated carbocycles. The van der Waals surface area contributed by atoms with Crippen LogP contribution in [-0.2, 0) is 13.5 Å². The van der Waals surface area contributed by atoms with Crippen LogP contribution in [0.3, 0.4) is 0 Å². The molecule has 0 spiro atoms. The van der Waals surface area contributed by atoms with E-state index in [-0.39, 0.29) is 0 Å². The number of hydrogen-bond donors (Lipinski definition) is 1. The van der Waals surface area contributed by atoms with E-state index in [1.807, 2.05) is 26.5 Å². The third-order valence-electron chi connectivity index (χ3n) is 3.68. The van der Waals surface area contributed by atoms with Gasteiger partial charge in [0.05, 0.1) is 0 Å². The van der Waals surface area contributed by atoms with Gasteiger partial charge in [-0.05, 0) is 37.6 Å². The highest BCUT2D eigenvalue weighted by molar-refractivity contribution is 5.35. The van der Waals surface area contributed by atoms with Gasteiger partial charge in [0.1, 0.15) is 5.82 Å². The lowest BCUT2D eigenvalue weighted by atomic mass is 9.95. The first-order valence-corrected chi connectivity index (χ1v) is 6.33. The topological polar surface area (TPSA) is 29.9 Å². The fourth-order valence-corrected chi connectivity index (χ4v) is 2.29. The molecule has 0 aliphatic carbocycles. The molecule has 1 aromatic carbocycles. The minimum Gasteiger partial charge on any atom is -0.338 e. The number of nitrogens with zero attached hydrogens (tertiary/aromatic N) is 2. The maximum absolute atomic E-state index is 4.40. The van der Waals surface area contributed by atoms with Gasteiger partial charge in [-0.1, -0.05) is 18.2 Å². The molecule has 1 N–H and O–H groups in total. The van der Waals surface area contributed by atoms with Crippen LogP contribution in [0.5, 0.6) is 0 Å². The molecule has 1 atom stereocenters. The Morgan fingerprint density at radius 2 is 2.11 bits per heavy atom. The largest absolute Gasteiger partial charge is 0.338 e. The predicted molar refractivity (Wildman–Crippen MR) is 74.6 cm³/mol. The number of rotatable bonds is 4. The lowest BCUT2D eigenvalue weighted by Crippen LogP contribution is -2.21. The van der Waals surface area contributed by atoms with E-state index in [9.17, 15) is 0 Å². The number of aromatic nitrogens is 2. The van der Waals surface area contributed by atoms with Gasteiger partial charge in [0.25, 0.3) is 0 Å². The number of hydrogen-bond acceptors (Lipinski definition) is 2. The first-order valence-electron chi connectivity index (χ1n) is 6.33. The Bertz CT molecular complexity index is 528. The Labute approximate surface area is 109 Å². The van der Waals surface area contributed by atoms with E-state index in [4.69, 9.17) is 0 Å². The van der Waals surface area contributed by atoms with Crippen LogP contribution in [0.2, 0.25) is 0 Å². The molecule has 0 saturated heterocycles. The Balaban J connectivity index is 2.29. The lowest BCUT2D eigenvalue weighted by Gasteiger charge is -2.19. The van der Waals surface area contributed by atoms with E-state index < -0.39 is 0 Å². The fraction of sp³-hybridized carbons (Fsp3) is 0.400. The molecule has 18 heavy (non-hydrogen) atoms. The monoisotopic (exact) mass is 243 g/mol. The number of nitrogens with one attached hydrogen (secondary N) is 1. The molecule has 2 aromatic rings. The second-order valence-corrected chi connectivity index (χ2v) is 4.79. The molecule has 1 aromatic heterocycles. The molecule has 1 heterocycles. The van der Waals surface area contributed by atoms with Crippen molar-refractivity contribution in [3.8, 4) is 0 Å². The van der Waals surface area contributed by atoms with Gasteiger partial charge >= 0.3 is 0 Å². The fourth-order valence-electron chi connectivity index (χ4n) is 2.29. The van der Waals surface area contributed by atoms with E-state index >= 15 is 0 Å². The molecular formula is C15H21N3. The van der Waals surface area contributed by atoms with Crippen LogP contribution in [0, 0.1) is 13.8 Å². The quantitative estimate of drug-likeness (QED) is 0.894. The molecule has 1 unspecified atom stereocenters. The molecule has 96 valence electrons. The van der Waals surface area contributed by atoms with Crippen LogP contribution in [0.1, 0.15) is 28.6 Å². The van der Waals surface area contributed by atoms with Crippen LogP contribution in [0.25, 0.3) is 0 Å². The summed E-state index contributed by atoms with van der Waals surface area (Å²) in [7, 11) is 4.05. The molecule has 0 amide bonds. The molecule has 0 fully saturated rings. The highest BCUT2D eigenvalue weighted by Crippen LogP contribution is 2.22. The second kappa shape index (κ2) is 5.36. The van der Waals surface area contributed by atoms with Gasteiger partial charge in [0, 0.05) is 31.9 Å². The second-order valence-electron chi connectivity index (χ2n) is 4.79. The van der Waals surface area contributed by atoms with Crippen LogP contribution in [0.15, 0.2) is 30.6 Å². The van der Waals surface area contributed by atoms with E-state index in [1.54, 1.807) is 0 Å². The zero-order valence-corrected chi connectivity index (χ0v) is 11.6. The zero-order chi connectivity index (χ0) is 13.1. The van der Waals surface area contributed by atoms with E-state index in [2.05, 4.69) is 46.9 Å². The average molecular weight is 243 g/mol. The summed E-state index contributed by atoms with van der Waals surface area (Å²) in [4.78, 5) is 4.40. The Kier molecular flexibility index (Phi) is 3.82. The van der Waals surface area contributed by atoms with E-state index in [1.165, 1.54) is 16.7 Å². The summed E-state index contributed by atoms with van der Waals surface area (Å²) >= 11 is 0. The minimum absolute atomic E-state index is 0.311. The predicted octanol–water partition coefficient (Wildman–Crippen LogP) is 2.54. The number of imidazole rings is 1. The smallest absolute Gasteiger partial charge is 0.110 e.